The lowest BCUT2D eigenvalue weighted by Crippen LogP contribution is -2.45. The molecule has 65 heavy (non-hydrogen) atoms. The Hall–Kier alpha value is -5.65. The van der Waals surface area contributed by atoms with Crippen LogP contribution in [0.2, 0.25) is 10.0 Å². The van der Waals surface area contributed by atoms with Crippen LogP contribution >= 0.6 is 23.2 Å². The SMILES string of the molecule is CC(OC(=O)OCC(COC(=O)C(C)(C)C)COC(=O)C(C)(C)C)OC(=O)[C@H](Cc1cccc(S(C)(=O)=O)c1)NC(=O)c1c(Cl)cc2c(c1Cl)CCN(C(=O)c1ccc3ccoc3c1)C2. The van der Waals surface area contributed by atoms with Crippen molar-refractivity contribution in [2.45, 2.75) is 85.1 Å². The number of carbonyl (C=O) groups is 6. The second kappa shape index (κ2) is 20.7. The maximum Gasteiger partial charge on any atom is 0.511 e. The largest absolute Gasteiger partial charge is 0.511 e. The van der Waals surface area contributed by atoms with Gasteiger partial charge in [-0.05, 0) is 101 Å². The molecule has 0 radical (unpaired) electrons. The molecule has 0 fully saturated rings. The highest BCUT2D eigenvalue weighted by atomic mass is 35.5. The summed E-state index contributed by atoms with van der Waals surface area (Å²) in [6.07, 6.45) is -0.319. The minimum atomic E-state index is -3.66. The van der Waals surface area contributed by atoms with Crippen molar-refractivity contribution in [3.63, 3.8) is 0 Å². The van der Waals surface area contributed by atoms with E-state index in [1.54, 1.807) is 76.8 Å². The Morgan fingerprint density at radius 3 is 2.12 bits per heavy atom. The quantitative estimate of drug-likeness (QED) is 0.0694. The molecule has 0 spiro atoms. The standard InChI is InChI=1S/C46H52Cl2N2O14S/c1-26(64-44(56)62-25-28(23-60-42(54)45(2,3)4)24-61-43(55)46(5,6)7)63-41(53)35(19-27-10-9-11-32(18-27)65(8,57)58)49-39(51)37-34(47)20-31-22-50(16-14-33(31)38(37)48)40(52)30-13-12-29-15-17-59-36(29)21-30/h9-13,15,17-18,20-21,26,28,35H,14,16,19,22-25H2,1-8H3,(H,49,51)/t26?,35-/m0/s1. The molecule has 0 bridgehead atoms. The van der Waals surface area contributed by atoms with E-state index in [0.29, 0.717) is 27.8 Å². The van der Waals surface area contributed by atoms with Gasteiger partial charge in [-0.15, -0.1) is 0 Å². The fourth-order valence-corrected chi connectivity index (χ4v) is 7.91. The number of nitrogens with zero attached hydrogens (tertiary/aromatic N) is 1. The summed E-state index contributed by atoms with van der Waals surface area (Å²) in [5.41, 5.74) is 0.708. The molecule has 2 atom stereocenters. The van der Waals surface area contributed by atoms with Crippen LogP contribution in [0.3, 0.4) is 0 Å². The normalized spacial score (nSPS) is 13.9. The second-order valence-corrected chi connectivity index (χ2v) is 20.5. The Labute approximate surface area is 387 Å². The third-order valence-electron chi connectivity index (χ3n) is 10.1. The van der Waals surface area contributed by atoms with Gasteiger partial charge in [-0.3, -0.25) is 19.2 Å². The minimum Gasteiger partial charge on any atom is -0.465 e. The van der Waals surface area contributed by atoms with Crippen molar-refractivity contribution in [3.8, 4) is 0 Å². The molecule has 3 aromatic carbocycles. The first kappa shape index (κ1) is 50.4. The van der Waals surface area contributed by atoms with Gasteiger partial charge in [0.1, 0.15) is 31.4 Å². The lowest BCUT2D eigenvalue weighted by molar-refractivity contribution is -0.170. The molecule has 1 unspecified atom stereocenters. The number of halogens is 2. The van der Waals surface area contributed by atoms with Crippen LogP contribution in [0.15, 0.2) is 70.2 Å². The summed E-state index contributed by atoms with van der Waals surface area (Å²) < 4.78 is 56.7. The van der Waals surface area contributed by atoms with Gasteiger partial charge in [-0.2, -0.15) is 0 Å². The number of sulfone groups is 1. The summed E-state index contributed by atoms with van der Waals surface area (Å²) >= 11 is 13.5. The maximum atomic E-state index is 14.0. The molecule has 0 saturated carbocycles. The number of esters is 3. The highest BCUT2D eigenvalue weighted by molar-refractivity contribution is 7.90. The molecule has 350 valence electrons. The number of ether oxygens (including phenoxy) is 5. The van der Waals surface area contributed by atoms with Crippen molar-refractivity contribution in [2.24, 2.45) is 16.7 Å². The number of carbonyl (C=O) groups excluding carboxylic acids is 6. The zero-order valence-corrected chi connectivity index (χ0v) is 39.6. The topological polar surface area (TPSA) is 211 Å². The van der Waals surface area contributed by atoms with E-state index in [0.717, 1.165) is 11.6 Å². The Morgan fingerprint density at radius 2 is 1.49 bits per heavy atom. The molecule has 1 aliphatic rings. The molecule has 4 aromatic rings. The molecule has 16 nitrogen and oxygen atoms in total. The van der Waals surface area contributed by atoms with Crippen LogP contribution in [0, 0.1) is 16.7 Å². The summed E-state index contributed by atoms with van der Waals surface area (Å²) in [5.74, 6) is -4.04. The number of benzene rings is 3. The van der Waals surface area contributed by atoms with Crippen LogP contribution in [0.4, 0.5) is 4.79 Å². The van der Waals surface area contributed by atoms with Crippen LogP contribution in [0.5, 0.6) is 0 Å². The Kier molecular flexibility index (Phi) is 16.0. The molecule has 5 rings (SSSR count). The first-order valence-corrected chi connectivity index (χ1v) is 23.2. The number of amides is 2. The van der Waals surface area contributed by atoms with E-state index in [-0.39, 0.29) is 65.6 Å². The Bertz CT molecular complexity index is 2550. The first-order chi connectivity index (χ1) is 30.3. The number of hydrogen-bond donors (Lipinski definition) is 1. The summed E-state index contributed by atoms with van der Waals surface area (Å²) in [5, 5.41) is 3.40. The van der Waals surface area contributed by atoms with Crippen LogP contribution in [-0.4, -0.2) is 94.1 Å². The van der Waals surface area contributed by atoms with Gasteiger partial charge in [0.25, 0.3) is 11.8 Å². The van der Waals surface area contributed by atoms with Crippen LogP contribution < -0.4 is 5.32 Å². The fourth-order valence-electron chi connectivity index (χ4n) is 6.46. The van der Waals surface area contributed by atoms with E-state index in [1.165, 1.54) is 37.5 Å². The van der Waals surface area contributed by atoms with Crippen molar-refractivity contribution in [1.82, 2.24) is 10.2 Å². The Balaban J connectivity index is 1.29. The van der Waals surface area contributed by atoms with Crippen LogP contribution in [-0.2, 0) is 67.3 Å². The van der Waals surface area contributed by atoms with Crippen molar-refractivity contribution in [1.29, 1.82) is 0 Å². The van der Waals surface area contributed by atoms with Crippen LogP contribution in [0.1, 0.15) is 85.9 Å². The average Bonchev–Trinajstić information content (AvgIpc) is 3.69. The summed E-state index contributed by atoms with van der Waals surface area (Å²) in [6, 6.07) is 12.7. The van der Waals surface area contributed by atoms with Crippen molar-refractivity contribution >= 4 is 79.9 Å². The van der Waals surface area contributed by atoms with E-state index >= 15 is 0 Å². The monoisotopic (exact) mass is 958 g/mol. The number of hydrogen-bond acceptors (Lipinski definition) is 14. The smallest absolute Gasteiger partial charge is 0.465 e. The third-order valence-corrected chi connectivity index (χ3v) is 11.9. The van der Waals surface area contributed by atoms with Gasteiger partial charge in [0, 0.05) is 43.6 Å². The van der Waals surface area contributed by atoms with Gasteiger partial charge in [0.05, 0.1) is 43.5 Å². The Morgan fingerprint density at radius 1 is 0.846 bits per heavy atom. The number of nitrogens with one attached hydrogen (secondary N) is 1. The van der Waals surface area contributed by atoms with Gasteiger partial charge in [-0.25, -0.2) is 18.0 Å². The lowest BCUT2D eigenvalue weighted by atomic mass is 9.95. The molecule has 2 heterocycles. The predicted molar refractivity (Wildman–Crippen MR) is 238 cm³/mol. The molecule has 1 aliphatic heterocycles. The number of fused-ring (bicyclic) bond motifs is 2. The van der Waals surface area contributed by atoms with Gasteiger partial charge in [-0.1, -0.05) is 41.4 Å². The summed E-state index contributed by atoms with van der Waals surface area (Å²) in [4.78, 5) is 80.6. The van der Waals surface area contributed by atoms with Gasteiger partial charge < -0.3 is 38.3 Å². The first-order valence-electron chi connectivity index (χ1n) is 20.6. The van der Waals surface area contributed by atoms with E-state index in [9.17, 15) is 37.2 Å². The molecule has 1 N–H and O–H groups in total. The predicted octanol–water partition coefficient (Wildman–Crippen LogP) is 7.52. The van der Waals surface area contributed by atoms with Crippen LogP contribution in [0.25, 0.3) is 11.0 Å². The molecular formula is C46H52Cl2N2O14S. The van der Waals surface area contributed by atoms with Crippen molar-refractivity contribution in [2.75, 3.05) is 32.6 Å². The highest BCUT2D eigenvalue weighted by Crippen LogP contribution is 2.35. The summed E-state index contributed by atoms with van der Waals surface area (Å²) in [6.45, 7) is 10.7. The molecule has 19 heteroatoms. The molecular weight excluding hydrogens is 907 g/mol. The third kappa shape index (κ3) is 13.5. The van der Waals surface area contributed by atoms with Gasteiger partial charge in [0.2, 0.25) is 6.29 Å². The minimum absolute atomic E-state index is 0.0133. The van der Waals surface area contributed by atoms with E-state index in [2.05, 4.69) is 5.32 Å². The molecule has 0 aliphatic carbocycles. The average molecular weight is 960 g/mol. The zero-order valence-electron chi connectivity index (χ0n) is 37.3. The number of rotatable bonds is 15. The molecule has 1 aromatic heterocycles. The fraction of sp³-hybridized carbons (Fsp3) is 0.435. The maximum absolute atomic E-state index is 14.0. The van der Waals surface area contributed by atoms with E-state index in [4.69, 9.17) is 51.3 Å². The molecule has 0 saturated heterocycles. The van der Waals surface area contributed by atoms with E-state index < -0.39 is 75.5 Å². The highest BCUT2D eigenvalue weighted by Gasteiger charge is 2.33. The second-order valence-electron chi connectivity index (χ2n) is 17.7. The number of furan rings is 1. The van der Waals surface area contributed by atoms with Crippen molar-refractivity contribution < 1.29 is 65.3 Å². The van der Waals surface area contributed by atoms with Gasteiger partial charge in [0.15, 0.2) is 9.84 Å². The lowest BCUT2D eigenvalue weighted by Gasteiger charge is -2.30. The van der Waals surface area contributed by atoms with Gasteiger partial charge >= 0.3 is 24.1 Å². The molecule has 2 amide bonds. The van der Waals surface area contributed by atoms with Crippen molar-refractivity contribution in [3.05, 3.63) is 98.7 Å². The van der Waals surface area contributed by atoms with E-state index in [1.807, 2.05) is 0 Å². The zero-order chi connectivity index (χ0) is 48.0. The summed E-state index contributed by atoms with van der Waals surface area (Å²) in [7, 11) is -3.66.